The largest absolute Gasteiger partial charge is 0.369 e. The molecular formula is C9H15ClN4. The summed E-state index contributed by atoms with van der Waals surface area (Å²) in [6, 6.07) is 5.95. The van der Waals surface area contributed by atoms with Crippen LogP contribution in [0.4, 0.5) is 5.69 Å². The Morgan fingerprint density at radius 2 is 1.79 bits per heavy atom. The van der Waals surface area contributed by atoms with Crippen molar-refractivity contribution >= 4 is 24.1 Å². The maximum atomic E-state index is 5.46. The van der Waals surface area contributed by atoms with Crippen LogP contribution in [0.1, 0.15) is 11.1 Å². The van der Waals surface area contributed by atoms with E-state index in [1.807, 2.05) is 32.0 Å². The van der Waals surface area contributed by atoms with Gasteiger partial charge in [-0.25, -0.2) is 10.8 Å². The van der Waals surface area contributed by atoms with E-state index in [1.165, 1.54) is 0 Å². The lowest BCUT2D eigenvalue weighted by atomic mass is 10.1. The molecule has 0 saturated carbocycles. The number of rotatable bonds is 1. The summed E-state index contributed by atoms with van der Waals surface area (Å²) in [5, 5.41) is 0. The van der Waals surface area contributed by atoms with Crippen LogP contribution in [0, 0.1) is 13.8 Å². The zero-order chi connectivity index (χ0) is 9.84. The molecule has 5 N–H and O–H groups in total. The highest BCUT2D eigenvalue weighted by Crippen LogP contribution is 2.22. The van der Waals surface area contributed by atoms with E-state index in [-0.39, 0.29) is 18.4 Å². The molecular weight excluding hydrogens is 200 g/mol. The molecule has 5 heteroatoms. The molecule has 1 aromatic carbocycles. The summed E-state index contributed by atoms with van der Waals surface area (Å²) < 4.78 is 0. The Kier molecular flexibility index (Phi) is 4.97. The third-order valence-electron chi connectivity index (χ3n) is 1.82. The molecule has 0 heterocycles. The lowest BCUT2D eigenvalue weighted by molar-refractivity contribution is 1.01. The van der Waals surface area contributed by atoms with Crippen LogP contribution in [0.3, 0.4) is 0 Å². The SMILES string of the molecule is Cc1cccc(C)c1N=C(N)NN.Cl. The molecule has 4 nitrogen and oxygen atoms in total. The molecule has 0 aliphatic carbocycles. The van der Waals surface area contributed by atoms with Crippen molar-refractivity contribution < 1.29 is 0 Å². The first-order chi connectivity index (χ1) is 6.15. The minimum absolute atomic E-state index is 0. The van der Waals surface area contributed by atoms with Crippen LogP contribution in [0.25, 0.3) is 0 Å². The van der Waals surface area contributed by atoms with Crippen LogP contribution in [0.5, 0.6) is 0 Å². The molecule has 0 bridgehead atoms. The minimum Gasteiger partial charge on any atom is -0.369 e. The number of hydrogen-bond donors (Lipinski definition) is 3. The quantitative estimate of drug-likeness (QED) is 0.284. The van der Waals surface area contributed by atoms with E-state index in [1.54, 1.807) is 0 Å². The van der Waals surface area contributed by atoms with Crippen LogP contribution in [0.15, 0.2) is 23.2 Å². The lowest BCUT2D eigenvalue weighted by Crippen LogP contribution is -2.36. The van der Waals surface area contributed by atoms with Crippen molar-refractivity contribution in [3.8, 4) is 0 Å². The van der Waals surface area contributed by atoms with Gasteiger partial charge in [0.1, 0.15) is 0 Å². The van der Waals surface area contributed by atoms with E-state index < -0.39 is 0 Å². The maximum Gasteiger partial charge on any atom is 0.208 e. The molecule has 0 aliphatic heterocycles. The molecule has 0 unspecified atom stereocenters. The predicted octanol–water partition coefficient (Wildman–Crippen LogP) is 1.13. The van der Waals surface area contributed by atoms with E-state index in [9.17, 15) is 0 Å². The number of aryl methyl sites for hydroxylation is 2. The zero-order valence-corrected chi connectivity index (χ0v) is 9.06. The number of guanidine groups is 1. The Bertz CT molecular complexity index is 315. The summed E-state index contributed by atoms with van der Waals surface area (Å²) >= 11 is 0. The van der Waals surface area contributed by atoms with E-state index in [2.05, 4.69) is 10.4 Å². The van der Waals surface area contributed by atoms with Gasteiger partial charge >= 0.3 is 0 Å². The van der Waals surface area contributed by atoms with Gasteiger partial charge in [-0.2, -0.15) is 0 Å². The third-order valence-corrected chi connectivity index (χ3v) is 1.82. The number of hydrazine groups is 1. The van der Waals surface area contributed by atoms with Gasteiger partial charge in [0.15, 0.2) is 0 Å². The van der Waals surface area contributed by atoms with Crippen LogP contribution in [-0.2, 0) is 0 Å². The predicted molar refractivity (Wildman–Crippen MR) is 61.8 cm³/mol. The average Bonchev–Trinajstić information content (AvgIpc) is 2.11. The summed E-state index contributed by atoms with van der Waals surface area (Å²) in [7, 11) is 0. The third kappa shape index (κ3) is 2.90. The van der Waals surface area contributed by atoms with Crippen molar-refractivity contribution in [2.24, 2.45) is 16.6 Å². The highest BCUT2D eigenvalue weighted by molar-refractivity contribution is 5.85. The first-order valence-electron chi connectivity index (χ1n) is 4.02. The van der Waals surface area contributed by atoms with Gasteiger partial charge in [-0.3, -0.25) is 5.43 Å². The molecule has 0 amide bonds. The zero-order valence-electron chi connectivity index (χ0n) is 8.24. The van der Waals surface area contributed by atoms with Crippen LogP contribution < -0.4 is 17.0 Å². The number of para-hydroxylation sites is 1. The molecule has 14 heavy (non-hydrogen) atoms. The second-order valence-corrected chi connectivity index (χ2v) is 2.88. The number of halogens is 1. The Balaban J connectivity index is 0.00000169. The Labute approximate surface area is 89.8 Å². The Morgan fingerprint density at radius 1 is 1.29 bits per heavy atom. The van der Waals surface area contributed by atoms with Crippen molar-refractivity contribution in [1.82, 2.24) is 5.43 Å². The Morgan fingerprint density at radius 3 is 2.21 bits per heavy atom. The van der Waals surface area contributed by atoms with Gasteiger partial charge in [-0.1, -0.05) is 18.2 Å². The minimum atomic E-state index is 0. The molecule has 78 valence electrons. The van der Waals surface area contributed by atoms with Gasteiger partial charge in [0.05, 0.1) is 5.69 Å². The molecule has 1 rings (SSSR count). The van der Waals surface area contributed by atoms with Gasteiger partial charge in [0, 0.05) is 0 Å². The highest BCUT2D eigenvalue weighted by atomic mass is 35.5. The van der Waals surface area contributed by atoms with Gasteiger partial charge in [-0.05, 0) is 25.0 Å². The van der Waals surface area contributed by atoms with E-state index >= 15 is 0 Å². The van der Waals surface area contributed by atoms with Crippen molar-refractivity contribution in [2.45, 2.75) is 13.8 Å². The highest BCUT2D eigenvalue weighted by Gasteiger charge is 1.99. The standard InChI is InChI=1S/C9H14N4.ClH/c1-6-4-3-5-7(2)8(6)12-9(10)13-11;/h3-5H,11H2,1-2H3,(H3,10,12,13);1H. The van der Waals surface area contributed by atoms with Crippen molar-refractivity contribution in [1.29, 1.82) is 0 Å². The number of benzene rings is 1. The smallest absolute Gasteiger partial charge is 0.208 e. The monoisotopic (exact) mass is 214 g/mol. The molecule has 0 saturated heterocycles. The van der Waals surface area contributed by atoms with E-state index in [0.717, 1.165) is 16.8 Å². The van der Waals surface area contributed by atoms with Gasteiger partial charge in [-0.15, -0.1) is 12.4 Å². The summed E-state index contributed by atoms with van der Waals surface area (Å²) in [5.74, 6) is 5.33. The molecule has 0 spiro atoms. The molecule has 0 atom stereocenters. The van der Waals surface area contributed by atoms with Crippen molar-refractivity contribution in [2.75, 3.05) is 0 Å². The number of nitrogens with one attached hydrogen (secondary N) is 1. The fourth-order valence-corrected chi connectivity index (χ4v) is 1.13. The molecule has 0 aliphatic rings. The fourth-order valence-electron chi connectivity index (χ4n) is 1.13. The topological polar surface area (TPSA) is 76.4 Å². The fraction of sp³-hybridized carbons (Fsp3) is 0.222. The summed E-state index contributed by atoms with van der Waals surface area (Å²) in [6.45, 7) is 3.96. The van der Waals surface area contributed by atoms with Gasteiger partial charge < -0.3 is 5.73 Å². The average molecular weight is 215 g/mol. The first-order valence-corrected chi connectivity index (χ1v) is 4.02. The Hall–Kier alpha value is -1.26. The van der Waals surface area contributed by atoms with Crippen LogP contribution >= 0.6 is 12.4 Å². The molecule has 0 fully saturated rings. The van der Waals surface area contributed by atoms with Gasteiger partial charge in [0.2, 0.25) is 5.96 Å². The first kappa shape index (κ1) is 12.7. The summed E-state index contributed by atoms with van der Waals surface area (Å²) in [4.78, 5) is 4.13. The second kappa shape index (κ2) is 5.47. The molecule has 0 aromatic heterocycles. The summed E-state index contributed by atoms with van der Waals surface area (Å²) in [6.07, 6.45) is 0. The summed E-state index contributed by atoms with van der Waals surface area (Å²) in [5.41, 5.74) is 10.8. The number of nitrogens with zero attached hydrogens (tertiary/aromatic N) is 1. The van der Waals surface area contributed by atoms with Crippen LogP contribution in [0.2, 0.25) is 0 Å². The number of aliphatic imine (C=N–C) groups is 1. The van der Waals surface area contributed by atoms with E-state index in [4.69, 9.17) is 11.6 Å². The molecule has 1 aromatic rings. The second-order valence-electron chi connectivity index (χ2n) is 2.88. The number of hydrogen-bond acceptors (Lipinski definition) is 2. The normalized spacial score (nSPS) is 10.6. The number of nitrogens with two attached hydrogens (primary N) is 2. The van der Waals surface area contributed by atoms with Gasteiger partial charge in [0.25, 0.3) is 0 Å². The van der Waals surface area contributed by atoms with E-state index in [0.29, 0.717) is 0 Å². The lowest BCUT2D eigenvalue weighted by Gasteiger charge is -2.05. The van der Waals surface area contributed by atoms with Crippen molar-refractivity contribution in [3.63, 3.8) is 0 Å². The maximum absolute atomic E-state index is 5.46. The van der Waals surface area contributed by atoms with Crippen molar-refractivity contribution in [3.05, 3.63) is 29.3 Å². The van der Waals surface area contributed by atoms with Crippen LogP contribution in [-0.4, -0.2) is 5.96 Å². The molecule has 0 radical (unpaired) electrons.